The standard InChI is InChI=1S/C19H22FN7O/c1-28-16-8-17-23-10-15(27(17)26-18(16)11-2-3-11)13-5-7-22-19(24-13)25-14-9-21-6-4-12(14)20/h5,7-8,10-12,14,21H,2-4,6,9H2,1H3,(H,22,24,25)/t12-,14-/m0/s1. The van der Waals surface area contributed by atoms with Gasteiger partial charge in [0.25, 0.3) is 0 Å². The maximum atomic E-state index is 14.1. The number of rotatable bonds is 5. The van der Waals surface area contributed by atoms with E-state index in [2.05, 4.69) is 25.6 Å². The Bertz CT molecular complexity index is 1000. The molecule has 0 radical (unpaired) electrons. The van der Waals surface area contributed by atoms with E-state index < -0.39 is 6.17 Å². The van der Waals surface area contributed by atoms with Gasteiger partial charge in [0.15, 0.2) is 5.65 Å². The summed E-state index contributed by atoms with van der Waals surface area (Å²) in [6, 6.07) is 3.38. The van der Waals surface area contributed by atoms with Crippen molar-refractivity contribution in [3.63, 3.8) is 0 Å². The van der Waals surface area contributed by atoms with Gasteiger partial charge in [0, 0.05) is 24.7 Å². The number of halogens is 1. The maximum Gasteiger partial charge on any atom is 0.223 e. The number of imidazole rings is 1. The number of ether oxygens (including phenoxy) is 1. The van der Waals surface area contributed by atoms with Crippen molar-refractivity contribution in [2.24, 2.45) is 0 Å². The van der Waals surface area contributed by atoms with E-state index in [1.54, 1.807) is 24.0 Å². The number of fused-ring (bicyclic) bond motifs is 1. The van der Waals surface area contributed by atoms with Crippen molar-refractivity contribution in [1.29, 1.82) is 0 Å². The summed E-state index contributed by atoms with van der Waals surface area (Å²) in [4.78, 5) is 13.3. The summed E-state index contributed by atoms with van der Waals surface area (Å²) in [5, 5.41) is 11.1. The average Bonchev–Trinajstić information content (AvgIpc) is 3.48. The average molecular weight is 383 g/mol. The van der Waals surface area contributed by atoms with Crippen LogP contribution in [0.1, 0.15) is 30.9 Å². The zero-order valence-corrected chi connectivity index (χ0v) is 15.6. The van der Waals surface area contributed by atoms with Crippen LogP contribution in [-0.2, 0) is 0 Å². The van der Waals surface area contributed by atoms with E-state index in [1.807, 2.05) is 12.1 Å². The molecule has 8 nitrogen and oxygen atoms in total. The zero-order chi connectivity index (χ0) is 19.1. The molecule has 146 valence electrons. The number of methoxy groups -OCH3 is 1. The van der Waals surface area contributed by atoms with Crippen LogP contribution in [0.3, 0.4) is 0 Å². The predicted molar refractivity (Wildman–Crippen MR) is 102 cm³/mol. The van der Waals surface area contributed by atoms with E-state index in [9.17, 15) is 4.39 Å². The van der Waals surface area contributed by atoms with Gasteiger partial charge in [0.1, 0.15) is 23.3 Å². The molecule has 1 aliphatic heterocycles. The molecule has 5 rings (SSSR count). The molecule has 2 aliphatic rings. The Morgan fingerprint density at radius 2 is 2.18 bits per heavy atom. The van der Waals surface area contributed by atoms with Crippen LogP contribution in [0.15, 0.2) is 24.5 Å². The molecule has 1 aliphatic carbocycles. The van der Waals surface area contributed by atoms with E-state index in [-0.39, 0.29) is 6.04 Å². The van der Waals surface area contributed by atoms with Crippen molar-refractivity contribution >= 4 is 11.6 Å². The van der Waals surface area contributed by atoms with Crippen molar-refractivity contribution in [3.8, 4) is 17.1 Å². The molecule has 1 saturated heterocycles. The largest absolute Gasteiger partial charge is 0.495 e. The number of nitrogens with one attached hydrogen (secondary N) is 2. The highest BCUT2D eigenvalue weighted by Gasteiger charge is 2.30. The lowest BCUT2D eigenvalue weighted by atomic mass is 10.1. The van der Waals surface area contributed by atoms with E-state index in [1.165, 1.54) is 0 Å². The highest BCUT2D eigenvalue weighted by Crippen LogP contribution is 2.43. The van der Waals surface area contributed by atoms with E-state index in [0.717, 1.165) is 30.0 Å². The molecule has 3 aromatic rings. The molecule has 0 aromatic carbocycles. The van der Waals surface area contributed by atoms with Crippen molar-refractivity contribution in [3.05, 3.63) is 30.2 Å². The Morgan fingerprint density at radius 3 is 2.96 bits per heavy atom. The minimum Gasteiger partial charge on any atom is -0.495 e. The first-order valence-corrected chi connectivity index (χ1v) is 9.60. The summed E-state index contributed by atoms with van der Waals surface area (Å²) in [5.74, 6) is 1.62. The summed E-state index contributed by atoms with van der Waals surface area (Å²) < 4.78 is 21.4. The molecule has 9 heteroatoms. The lowest BCUT2D eigenvalue weighted by molar-refractivity contribution is 0.240. The van der Waals surface area contributed by atoms with Gasteiger partial charge in [0.2, 0.25) is 5.95 Å². The minimum absolute atomic E-state index is 0.338. The smallest absolute Gasteiger partial charge is 0.223 e. The quantitative estimate of drug-likeness (QED) is 0.698. The van der Waals surface area contributed by atoms with Crippen LogP contribution in [0.5, 0.6) is 5.75 Å². The van der Waals surface area contributed by atoms with Crippen LogP contribution < -0.4 is 15.4 Å². The van der Waals surface area contributed by atoms with Gasteiger partial charge in [-0.2, -0.15) is 5.10 Å². The highest BCUT2D eigenvalue weighted by atomic mass is 19.1. The maximum absolute atomic E-state index is 14.1. The first kappa shape index (κ1) is 17.3. The SMILES string of the molecule is COc1cc2ncc(-c3ccnc(N[C@H]4CNCC[C@@H]4F)n3)n2nc1C1CC1. The second-order valence-electron chi connectivity index (χ2n) is 7.31. The third kappa shape index (κ3) is 3.15. The third-order valence-corrected chi connectivity index (χ3v) is 5.30. The normalized spacial score (nSPS) is 22.4. The van der Waals surface area contributed by atoms with Gasteiger partial charge in [0.05, 0.1) is 25.0 Å². The van der Waals surface area contributed by atoms with Crippen LogP contribution in [0, 0.1) is 0 Å². The number of nitrogens with zero attached hydrogens (tertiary/aromatic N) is 5. The van der Waals surface area contributed by atoms with Crippen LogP contribution in [-0.4, -0.2) is 57.0 Å². The van der Waals surface area contributed by atoms with Gasteiger partial charge in [-0.15, -0.1) is 0 Å². The number of hydrogen-bond acceptors (Lipinski definition) is 7. The van der Waals surface area contributed by atoms with Crippen molar-refractivity contribution < 1.29 is 9.13 Å². The van der Waals surface area contributed by atoms with Gasteiger partial charge in [-0.3, -0.25) is 0 Å². The Kier molecular flexibility index (Phi) is 4.31. The van der Waals surface area contributed by atoms with Gasteiger partial charge >= 0.3 is 0 Å². The van der Waals surface area contributed by atoms with Gasteiger partial charge in [-0.05, 0) is 31.9 Å². The van der Waals surface area contributed by atoms with Gasteiger partial charge < -0.3 is 15.4 Å². The minimum atomic E-state index is -0.917. The fourth-order valence-corrected chi connectivity index (χ4v) is 3.59. The number of aromatic nitrogens is 5. The van der Waals surface area contributed by atoms with E-state index in [0.29, 0.717) is 42.7 Å². The Hall–Kier alpha value is -2.81. The number of anilines is 1. The van der Waals surface area contributed by atoms with E-state index in [4.69, 9.17) is 9.84 Å². The number of alkyl halides is 1. The summed E-state index contributed by atoms with van der Waals surface area (Å²) in [7, 11) is 1.66. The molecule has 0 spiro atoms. The van der Waals surface area contributed by atoms with Crippen LogP contribution in [0.4, 0.5) is 10.3 Å². The lowest BCUT2D eigenvalue weighted by Crippen LogP contribution is -2.46. The molecule has 28 heavy (non-hydrogen) atoms. The van der Waals surface area contributed by atoms with Gasteiger partial charge in [-0.25, -0.2) is 23.9 Å². The fraction of sp³-hybridized carbons (Fsp3) is 0.474. The monoisotopic (exact) mass is 383 g/mol. The molecule has 3 aromatic heterocycles. The van der Waals surface area contributed by atoms with Crippen LogP contribution >= 0.6 is 0 Å². The summed E-state index contributed by atoms with van der Waals surface area (Å²) in [6.07, 6.45) is 5.23. The van der Waals surface area contributed by atoms with Crippen molar-refractivity contribution in [1.82, 2.24) is 29.9 Å². The Morgan fingerprint density at radius 1 is 1.29 bits per heavy atom. The molecule has 0 bridgehead atoms. The Balaban J connectivity index is 1.49. The second-order valence-corrected chi connectivity index (χ2v) is 7.31. The first-order valence-electron chi connectivity index (χ1n) is 9.60. The summed E-state index contributed by atoms with van der Waals surface area (Å²) >= 11 is 0. The third-order valence-electron chi connectivity index (χ3n) is 5.30. The number of piperidine rings is 1. The highest BCUT2D eigenvalue weighted by molar-refractivity contribution is 5.61. The second kappa shape index (κ2) is 6.97. The summed E-state index contributed by atoms with van der Waals surface area (Å²) in [6.45, 7) is 1.25. The first-order chi connectivity index (χ1) is 13.7. The fourth-order valence-electron chi connectivity index (χ4n) is 3.59. The zero-order valence-electron chi connectivity index (χ0n) is 15.6. The van der Waals surface area contributed by atoms with Crippen molar-refractivity contribution in [2.75, 3.05) is 25.5 Å². The van der Waals surface area contributed by atoms with Crippen LogP contribution in [0.25, 0.3) is 17.0 Å². The molecule has 2 fully saturated rings. The molecule has 2 atom stereocenters. The molecule has 2 N–H and O–H groups in total. The Labute approximate surface area is 161 Å². The van der Waals surface area contributed by atoms with E-state index >= 15 is 0 Å². The predicted octanol–water partition coefficient (Wildman–Crippen LogP) is 2.18. The van der Waals surface area contributed by atoms with Crippen molar-refractivity contribution in [2.45, 2.75) is 37.4 Å². The molecule has 0 unspecified atom stereocenters. The molecule has 0 amide bonds. The lowest BCUT2D eigenvalue weighted by Gasteiger charge is -2.27. The molecular formula is C19H22FN7O. The van der Waals surface area contributed by atoms with Crippen LogP contribution in [0.2, 0.25) is 0 Å². The molecule has 4 heterocycles. The number of hydrogen-bond donors (Lipinski definition) is 2. The molecule has 1 saturated carbocycles. The van der Waals surface area contributed by atoms with Gasteiger partial charge in [-0.1, -0.05) is 0 Å². The topological polar surface area (TPSA) is 89.3 Å². The molecular weight excluding hydrogens is 361 g/mol. The summed E-state index contributed by atoms with van der Waals surface area (Å²) in [5.41, 5.74) is 3.10.